The Morgan fingerprint density at radius 1 is 1.32 bits per heavy atom. The van der Waals surface area contributed by atoms with E-state index in [9.17, 15) is 0 Å². The van der Waals surface area contributed by atoms with Crippen molar-refractivity contribution in [2.75, 3.05) is 25.0 Å². The van der Waals surface area contributed by atoms with Crippen LogP contribution in [0.4, 0.5) is 5.13 Å². The van der Waals surface area contributed by atoms with Gasteiger partial charge in [-0.05, 0) is 44.6 Å². The van der Waals surface area contributed by atoms with E-state index >= 15 is 0 Å². The normalized spacial score (nSPS) is 26.3. The molecule has 0 radical (unpaired) electrons. The van der Waals surface area contributed by atoms with Crippen molar-refractivity contribution in [2.24, 2.45) is 5.41 Å². The smallest absolute Gasteiger partial charge is 0.185 e. The Morgan fingerprint density at radius 2 is 2.05 bits per heavy atom. The molecule has 1 aliphatic carbocycles. The van der Waals surface area contributed by atoms with E-state index in [0.717, 1.165) is 0 Å². The van der Waals surface area contributed by atoms with Gasteiger partial charge in [0.2, 0.25) is 0 Å². The highest BCUT2D eigenvalue weighted by molar-refractivity contribution is 7.15. The third kappa shape index (κ3) is 2.65. The van der Waals surface area contributed by atoms with Crippen molar-refractivity contribution in [1.82, 2.24) is 10.3 Å². The van der Waals surface area contributed by atoms with Crippen LogP contribution in [0.3, 0.4) is 0 Å². The van der Waals surface area contributed by atoms with Crippen LogP contribution in [0, 0.1) is 5.41 Å². The fraction of sp³-hybridized carbons (Fsp3) is 0.800. The summed E-state index contributed by atoms with van der Waals surface area (Å²) in [5.74, 6) is 0. The lowest BCUT2D eigenvalue weighted by atomic mass is 9.83. The number of piperidine rings is 1. The average molecular weight is 279 g/mol. The molecule has 3 nitrogen and oxygen atoms in total. The number of thiazole rings is 1. The average Bonchev–Trinajstić information content (AvgIpc) is 2.82. The minimum atomic E-state index is 0.515. The first-order chi connectivity index (χ1) is 9.09. The van der Waals surface area contributed by atoms with Crippen molar-refractivity contribution in [2.45, 2.75) is 52.0 Å². The van der Waals surface area contributed by atoms with Crippen LogP contribution in [0.25, 0.3) is 0 Å². The number of rotatable bonds is 2. The van der Waals surface area contributed by atoms with Gasteiger partial charge in [-0.15, -0.1) is 0 Å². The molecule has 1 N–H and O–H groups in total. The van der Waals surface area contributed by atoms with Crippen LogP contribution < -0.4 is 10.2 Å². The fourth-order valence-electron chi connectivity index (χ4n) is 3.12. The van der Waals surface area contributed by atoms with E-state index in [-0.39, 0.29) is 0 Å². The minimum Gasteiger partial charge on any atom is -0.348 e. The second-order valence-corrected chi connectivity index (χ2v) is 7.70. The Balaban J connectivity index is 1.78. The maximum Gasteiger partial charge on any atom is 0.185 e. The van der Waals surface area contributed by atoms with Crippen LogP contribution in [0.5, 0.6) is 0 Å². The predicted molar refractivity (Wildman–Crippen MR) is 82.1 cm³/mol. The summed E-state index contributed by atoms with van der Waals surface area (Å²) in [7, 11) is 2.07. The number of anilines is 1. The van der Waals surface area contributed by atoms with Crippen LogP contribution in [-0.2, 0) is 6.42 Å². The molecule has 1 aromatic heterocycles. The number of hydrogen-bond acceptors (Lipinski definition) is 4. The van der Waals surface area contributed by atoms with Crippen LogP contribution in [-0.4, -0.2) is 25.1 Å². The predicted octanol–water partition coefficient (Wildman–Crippen LogP) is 3.37. The summed E-state index contributed by atoms with van der Waals surface area (Å²) in [6.07, 6.45) is 6.27. The van der Waals surface area contributed by atoms with Gasteiger partial charge < -0.3 is 10.2 Å². The van der Waals surface area contributed by atoms with E-state index in [2.05, 4.69) is 31.1 Å². The molecule has 1 aliphatic heterocycles. The van der Waals surface area contributed by atoms with Gasteiger partial charge in [-0.25, -0.2) is 4.98 Å². The van der Waals surface area contributed by atoms with Crippen LogP contribution in [0.15, 0.2) is 0 Å². The summed E-state index contributed by atoms with van der Waals surface area (Å²) in [6, 6.07) is 0.538. The lowest BCUT2D eigenvalue weighted by Gasteiger charge is -2.36. The summed E-state index contributed by atoms with van der Waals surface area (Å²) in [5.41, 5.74) is 1.87. The molecule has 0 spiro atoms. The molecule has 106 valence electrons. The molecule has 2 aliphatic rings. The highest BCUT2D eigenvalue weighted by Gasteiger charge is 2.29. The third-order valence-electron chi connectivity index (χ3n) is 4.68. The van der Waals surface area contributed by atoms with Crippen LogP contribution in [0.2, 0.25) is 0 Å². The number of aromatic nitrogens is 1. The van der Waals surface area contributed by atoms with Crippen molar-refractivity contribution in [1.29, 1.82) is 0 Å². The van der Waals surface area contributed by atoms with Gasteiger partial charge in [0.05, 0.1) is 5.69 Å². The summed E-state index contributed by atoms with van der Waals surface area (Å²) < 4.78 is 0. The zero-order chi connectivity index (χ0) is 13.5. The molecule has 2 heterocycles. The quantitative estimate of drug-likeness (QED) is 0.899. The van der Waals surface area contributed by atoms with Crippen molar-refractivity contribution in [3.63, 3.8) is 0 Å². The number of hydrogen-bond donors (Lipinski definition) is 1. The van der Waals surface area contributed by atoms with Gasteiger partial charge in [0.1, 0.15) is 0 Å². The molecule has 0 saturated carbocycles. The van der Waals surface area contributed by atoms with E-state index in [4.69, 9.17) is 4.98 Å². The Morgan fingerprint density at radius 3 is 2.74 bits per heavy atom. The topological polar surface area (TPSA) is 28.2 Å². The van der Waals surface area contributed by atoms with Crippen LogP contribution >= 0.6 is 11.3 Å². The summed E-state index contributed by atoms with van der Waals surface area (Å²) in [5, 5.41) is 4.71. The molecule has 1 unspecified atom stereocenters. The standard InChI is InChI=1S/C15H25N3S/c1-15(2)7-9-18(10-8-15)14-17-12-6-4-5-11(16-3)13(12)19-14/h11,16H,4-10H2,1-3H3. The first-order valence-corrected chi connectivity index (χ1v) is 8.32. The maximum absolute atomic E-state index is 4.92. The fourth-order valence-corrected chi connectivity index (χ4v) is 4.43. The third-order valence-corrected chi connectivity index (χ3v) is 5.95. The number of fused-ring (bicyclic) bond motifs is 1. The van der Waals surface area contributed by atoms with Gasteiger partial charge in [0, 0.05) is 24.0 Å². The van der Waals surface area contributed by atoms with E-state index in [1.807, 2.05) is 11.3 Å². The van der Waals surface area contributed by atoms with Crippen molar-refractivity contribution >= 4 is 16.5 Å². The molecule has 0 bridgehead atoms. The first kappa shape index (κ1) is 13.4. The molecule has 1 aromatic rings. The Kier molecular flexibility index (Phi) is 3.56. The van der Waals surface area contributed by atoms with Gasteiger partial charge in [0.25, 0.3) is 0 Å². The van der Waals surface area contributed by atoms with Gasteiger partial charge in [-0.3, -0.25) is 0 Å². The summed E-state index contributed by atoms with van der Waals surface area (Å²) in [4.78, 5) is 8.92. The second kappa shape index (κ2) is 5.06. The molecular weight excluding hydrogens is 254 g/mol. The Bertz CT molecular complexity index is 442. The molecule has 1 saturated heterocycles. The number of aryl methyl sites for hydroxylation is 1. The van der Waals surface area contributed by atoms with Gasteiger partial charge in [-0.1, -0.05) is 25.2 Å². The SMILES string of the molecule is CNC1CCCc2nc(N3CCC(C)(C)CC3)sc21. The van der Waals surface area contributed by atoms with E-state index in [1.165, 1.54) is 60.9 Å². The first-order valence-electron chi connectivity index (χ1n) is 7.51. The van der Waals surface area contributed by atoms with Crippen molar-refractivity contribution in [3.05, 3.63) is 10.6 Å². The molecule has 1 atom stereocenters. The lowest BCUT2D eigenvalue weighted by molar-refractivity contribution is 0.279. The number of nitrogens with zero attached hydrogens (tertiary/aromatic N) is 2. The lowest BCUT2D eigenvalue weighted by Crippen LogP contribution is -2.37. The summed E-state index contributed by atoms with van der Waals surface area (Å²) in [6.45, 7) is 7.11. The largest absolute Gasteiger partial charge is 0.348 e. The number of nitrogens with one attached hydrogen (secondary N) is 1. The molecule has 4 heteroatoms. The molecular formula is C15H25N3S. The molecule has 0 amide bonds. The van der Waals surface area contributed by atoms with E-state index in [0.29, 0.717) is 11.5 Å². The highest BCUT2D eigenvalue weighted by Crippen LogP contribution is 2.39. The molecule has 1 fully saturated rings. The monoisotopic (exact) mass is 279 g/mol. The van der Waals surface area contributed by atoms with E-state index in [1.54, 1.807) is 0 Å². The van der Waals surface area contributed by atoms with Crippen molar-refractivity contribution < 1.29 is 0 Å². The van der Waals surface area contributed by atoms with Gasteiger partial charge in [-0.2, -0.15) is 0 Å². The van der Waals surface area contributed by atoms with Crippen molar-refractivity contribution in [3.8, 4) is 0 Å². The molecule has 19 heavy (non-hydrogen) atoms. The van der Waals surface area contributed by atoms with E-state index < -0.39 is 0 Å². The molecule has 3 rings (SSSR count). The molecule has 0 aromatic carbocycles. The van der Waals surface area contributed by atoms with Gasteiger partial charge in [0.15, 0.2) is 5.13 Å². The Hall–Kier alpha value is -0.610. The Labute approximate surface area is 120 Å². The zero-order valence-corrected chi connectivity index (χ0v) is 13.1. The van der Waals surface area contributed by atoms with Crippen LogP contribution in [0.1, 0.15) is 56.1 Å². The van der Waals surface area contributed by atoms with Gasteiger partial charge >= 0.3 is 0 Å². The zero-order valence-electron chi connectivity index (χ0n) is 12.3. The minimum absolute atomic E-state index is 0.515. The maximum atomic E-state index is 4.92. The second-order valence-electron chi connectivity index (χ2n) is 6.69. The highest BCUT2D eigenvalue weighted by atomic mass is 32.1. The summed E-state index contributed by atoms with van der Waals surface area (Å²) >= 11 is 1.93.